The Labute approximate surface area is 295 Å². The summed E-state index contributed by atoms with van der Waals surface area (Å²) in [7, 11) is -2.60. The Morgan fingerprint density at radius 3 is 2.16 bits per heavy atom. The maximum absolute atomic E-state index is 13.8. The summed E-state index contributed by atoms with van der Waals surface area (Å²) in [5, 5.41) is 10.1. The van der Waals surface area contributed by atoms with Crippen molar-refractivity contribution in [2.45, 2.75) is 117 Å². The van der Waals surface area contributed by atoms with E-state index in [1.54, 1.807) is 46.1 Å². The number of nitrogens with one attached hydrogen (secondary N) is 2. The predicted molar refractivity (Wildman–Crippen MR) is 183 cm³/mol. The second kappa shape index (κ2) is 16.0. The normalized spacial score (nSPS) is 17.5. The van der Waals surface area contributed by atoms with Crippen molar-refractivity contribution >= 4 is 66.5 Å². The molecule has 3 atom stereocenters. The lowest BCUT2D eigenvalue weighted by molar-refractivity contribution is -0.160. The van der Waals surface area contributed by atoms with Crippen LogP contribution in [0, 0.1) is 0 Å². The van der Waals surface area contributed by atoms with E-state index in [4.69, 9.17) is 29.5 Å². The summed E-state index contributed by atoms with van der Waals surface area (Å²) in [5.74, 6) is -2.12. The number of esters is 1. The third kappa shape index (κ3) is 12.1. The number of rotatable bonds is 12. The van der Waals surface area contributed by atoms with Gasteiger partial charge in [-0.15, -0.1) is 11.3 Å². The van der Waals surface area contributed by atoms with Gasteiger partial charge < -0.3 is 44.1 Å². The van der Waals surface area contributed by atoms with E-state index in [2.05, 4.69) is 25.5 Å². The second-order valence-electron chi connectivity index (χ2n) is 14.7. The van der Waals surface area contributed by atoms with E-state index in [1.165, 1.54) is 12.3 Å². The highest BCUT2D eigenvalue weighted by molar-refractivity contribution is 7.14. The van der Waals surface area contributed by atoms with Crippen LogP contribution in [0.1, 0.15) is 74.9 Å². The summed E-state index contributed by atoms with van der Waals surface area (Å²) in [5.41, 5.74) is 2.86. The number of β-lactam (4-membered cyclic amide) rings is 1. The molecule has 0 bridgehead atoms. The minimum absolute atomic E-state index is 0.0596. The van der Waals surface area contributed by atoms with Crippen LogP contribution in [0.25, 0.3) is 0 Å². The zero-order chi connectivity index (χ0) is 38.4. The number of oxime groups is 1. The molecular formula is C30H48N6O12SSi. The molecule has 0 aromatic carbocycles. The van der Waals surface area contributed by atoms with Crippen LogP contribution >= 0.6 is 11.3 Å². The van der Waals surface area contributed by atoms with Gasteiger partial charge in [-0.1, -0.05) is 39.0 Å². The van der Waals surface area contributed by atoms with Crippen LogP contribution in [0.15, 0.2) is 10.5 Å². The van der Waals surface area contributed by atoms with Crippen LogP contribution in [-0.4, -0.2) is 102 Å². The van der Waals surface area contributed by atoms with E-state index in [-0.39, 0.29) is 15.9 Å². The van der Waals surface area contributed by atoms with Gasteiger partial charge >= 0.3 is 24.3 Å². The zero-order valence-corrected chi connectivity index (χ0v) is 32.3. The molecule has 0 aliphatic carbocycles. The maximum Gasteiger partial charge on any atom is 0.511 e. The minimum atomic E-state index is -2.60. The van der Waals surface area contributed by atoms with E-state index in [1.807, 2.05) is 33.9 Å². The first-order chi connectivity index (χ1) is 22.7. The summed E-state index contributed by atoms with van der Waals surface area (Å²) < 4.78 is 26.8. The van der Waals surface area contributed by atoms with Crippen LogP contribution in [-0.2, 0) is 42.9 Å². The van der Waals surface area contributed by atoms with Gasteiger partial charge in [0.2, 0.25) is 18.8 Å². The van der Waals surface area contributed by atoms with Crippen LogP contribution in [0.5, 0.6) is 0 Å². The van der Waals surface area contributed by atoms with Gasteiger partial charge in [-0.25, -0.2) is 24.2 Å². The number of aromatic nitrogens is 1. The number of carbonyl (C=O) groups excluding carboxylic acids is 6. The van der Waals surface area contributed by atoms with Crippen molar-refractivity contribution in [2.75, 3.05) is 18.5 Å². The van der Waals surface area contributed by atoms with Gasteiger partial charge in [0.05, 0.1) is 6.04 Å². The third-order valence-electron chi connectivity index (χ3n) is 7.19. The molecule has 0 spiro atoms. The molecule has 1 fully saturated rings. The monoisotopic (exact) mass is 744 g/mol. The SMILES string of the molecule is CC(OC(N)=O)OC(=O)OC[C@H]1[C@@H](NC(=O)/C(=N\OCC(=O)OC(C)(C)C)c2csc(NC(=O)OC(C)(C)C)n2)C(=O)N1[Si](C)(C)C(C)(C)C. The Morgan fingerprint density at radius 1 is 1.02 bits per heavy atom. The average molecular weight is 745 g/mol. The van der Waals surface area contributed by atoms with E-state index < -0.39 is 92.9 Å². The van der Waals surface area contributed by atoms with Crippen molar-refractivity contribution in [3.05, 3.63) is 11.1 Å². The summed E-state index contributed by atoms with van der Waals surface area (Å²) in [4.78, 5) is 84.7. The fraction of sp³-hybridized carbons (Fsp3) is 0.667. The first kappa shape index (κ1) is 41.7. The number of thiazole rings is 1. The van der Waals surface area contributed by atoms with E-state index in [9.17, 15) is 28.8 Å². The van der Waals surface area contributed by atoms with Gasteiger partial charge in [-0.05, 0) is 46.6 Å². The summed E-state index contributed by atoms with van der Waals surface area (Å²) in [6.45, 7) is 20.1. The number of carbonyl (C=O) groups is 6. The van der Waals surface area contributed by atoms with Crippen LogP contribution in [0.3, 0.4) is 0 Å². The summed E-state index contributed by atoms with van der Waals surface area (Å²) >= 11 is 0.952. The molecule has 1 aliphatic heterocycles. The number of hydrogen-bond acceptors (Lipinski definition) is 15. The van der Waals surface area contributed by atoms with E-state index >= 15 is 0 Å². The molecule has 1 aliphatic rings. The first-order valence-electron chi connectivity index (χ1n) is 15.5. The molecule has 4 N–H and O–H groups in total. The lowest BCUT2D eigenvalue weighted by Crippen LogP contribution is -2.80. The minimum Gasteiger partial charge on any atom is -0.457 e. The molecule has 2 rings (SSSR count). The first-order valence-corrected chi connectivity index (χ1v) is 19.4. The zero-order valence-electron chi connectivity index (χ0n) is 30.4. The Hall–Kier alpha value is -4.46. The highest BCUT2D eigenvalue weighted by Crippen LogP contribution is 2.43. The lowest BCUT2D eigenvalue weighted by atomic mass is 9.99. The van der Waals surface area contributed by atoms with Gasteiger partial charge in [-0.2, -0.15) is 0 Å². The van der Waals surface area contributed by atoms with Crippen molar-refractivity contribution < 1.29 is 57.3 Å². The average Bonchev–Trinajstić information content (AvgIpc) is 3.35. The standard InChI is InChI=1S/C30H48N6O12SSi/c1-16(45-24(31)40)46-27(42)43-13-18-21(23(39)36(18)50(11,12)30(8,9)10)33-22(38)20(35-44-14-19(37)47-28(2,3)4)17-15-49-25(32-17)34-26(41)48-29(5,6)7/h15-16,18,21H,13-14H2,1-12H3,(H2,31,40)(H,33,38)(H,32,34,41)/b35-20-/t16?,18-,21+/m0/s1. The van der Waals surface area contributed by atoms with Gasteiger partial charge in [-0.3, -0.25) is 14.9 Å². The number of amides is 4. The molecule has 18 nitrogen and oxygen atoms in total. The van der Waals surface area contributed by atoms with Crippen molar-refractivity contribution in [2.24, 2.45) is 10.9 Å². The molecule has 0 saturated carbocycles. The van der Waals surface area contributed by atoms with Gasteiger partial charge in [0.25, 0.3) is 5.91 Å². The molecule has 0 radical (unpaired) electrons. The van der Waals surface area contributed by atoms with Crippen molar-refractivity contribution in [3.63, 3.8) is 0 Å². The van der Waals surface area contributed by atoms with Gasteiger partial charge in [0.1, 0.15) is 29.5 Å². The molecule has 50 heavy (non-hydrogen) atoms. The molecule has 4 amide bonds. The molecule has 280 valence electrons. The second-order valence-corrected chi connectivity index (χ2v) is 20.6. The molecule has 1 saturated heterocycles. The summed E-state index contributed by atoms with van der Waals surface area (Å²) in [6, 6.07) is -2.03. The van der Waals surface area contributed by atoms with E-state index in [0.29, 0.717) is 0 Å². The van der Waals surface area contributed by atoms with Crippen LogP contribution in [0.4, 0.5) is 19.5 Å². The van der Waals surface area contributed by atoms with Crippen LogP contribution < -0.4 is 16.4 Å². The highest BCUT2D eigenvalue weighted by atomic mass is 32.1. The van der Waals surface area contributed by atoms with Crippen molar-refractivity contribution in [1.29, 1.82) is 0 Å². The topological polar surface area (TPSA) is 236 Å². The molecule has 1 aromatic heterocycles. The summed E-state index contributed by atoms with van der Waals surface area (Å²) in [6.07, 6.45) is -4.50. The Morgan fingerprint density at radius 2 is 1.62 bits per heavy atom. The Kier molecular flexibility index (Phi) is 13.4. The van der Waals surface area contributed by atoms with Crippen LogP contribution in [0.2, 0.25) is 18.1 Å². The van der Waals surface area contributed by atoms with Crippen molar-refractivity contribution in [3.8, 4) is 0 Å². The van der Waals surface area contributed by atoms with Crippen molar-refractivity contribution in [1.82, 2.24) is 14.9 Å². The number of primary amides is 1. The number of nitrogens with zero attached hydrogens (tertiary/aromatic N) is 3. The predicted octanol–water partition coefficient (Wildman–Crippen LogP) is 3.85. The van der Waals surface area contributed by atoms with E-state index in [0.717, 1.165) is 11.3 Å². The number of hydrogen-bond donors (Lipinski definition) is 3. The smallest absolute Gasteiger partial charge is 0.457 e. The number of anilines is 1. The Balaban J connectivity index is 2.38. The third-order valence-corrected chi connectivity index (χ3v) is 13.4. The lowest BCUT2D eigenvalue weighted by Gasteiger charge is -2.57. The number of nitrogens with two attached hydrogens (primary N) is 1. The molecule has 2 heterocycles. The Bertz CT molecular complexity index is 1480. The van der Waals surface area contributed by atoms with Gasteiger partial charge in [0.15, 0.2) is 19.1 Å². The maximum atomic E-state index is 13.8. The quantitative estimate of drug-likeness (QED) is 0.0525. The fourth-order valence-electron chi connectivity index (χ4n) is 4.20. The molecule has 1 unspecified atom stereocenters. The molecule has 20 heteroatoms. The number of ether oxygens (including phenoxy) is 5. The molecule has 1 aromatic rings. The highest BCUT2D eigenvalue weighted by Gasteiger charge is 2.58. The largest absolute Gasteiger partial charge is 0.511 e. The fourth-order valence-corrected chi connectivity index (χ4v) is 7.35. The molecular weight excluding hydrogens is 697 g/mol. The van der Waals surface area contributed by atoms with Gasteiger partial charge in [0, 0.05) is 12.3 Å².